The second kappa shape index (κ2) is 4.53. The summed E-state index contributed by atoms with van der Waals surface area (Å²) in [6.07, 6.45) is 8.29. The summed E-state index contributed by atoms with van der Waals surface area (Å²) in [5.74, 6) is -0.0465. The fourth-order valence-corrected chi connectivity index (χ4v) is 5.46. The summed E-state index contributed by atoms with van der Waals surface area (Å²) in [5.41, 5.74) is 1.14. The van der Waals surface area contributed by atoms with Crippen molar-refractivity contribution in [1.82, 2.24) is 5.01 Å². The molecule has 5 heteroatoms. The molecule has 4 nitrogen and oxygen atoms in total. The Kier molecular flexibility index (Phi) is 2.73. The number of nitrogens with zero attached hydrogens (tertiary/aromatic N) is 2. The van der Waals surface area contributed by atoms with Crippen molar-refractivity contribution in [3.05, 3.63) is 45.6 Å². The zero-order chi connectivity index (χ0) is 15.8. The highest BCUT2D eigenvalue weighted by atomic mass is 127. The molecule has 4 atom stereocenters. The van der Waals surface area contributed by atoms with E-state index in [0.29, 0.717) is 0 Å². The van der Waals surface area contributed by atoms with E-state index in [4.69, 9.17) is 0 Å². The van der Waals surface area contributed by atoms with Gasteiger partial charge in [-0.2, -0.15) is 10.1 Å². The normalized spacial score (nSPS) is 35.8. The molecule has 1 aromatic rings. The number of fused-ring (bicyclic) bond motifs is 3. The Labute approximate surface area is 147 Å². The van der Waals surface area contributed by atoms with E-state index in [1.165, 1.54) is 0 Å². The zero-order valence-electron chi connectivity index (χ0n) is 12.4. The molecule has 4 aliphatic rings. The third-order valence-corrected chi connectivity index (χ3v) is 6.67. The minimum Gasteiger partial charge on any atom is -0.272 e. The van der Waals surface area contributed by atoms with Crippen LogP contribution in [-0.4, -0.2) is 23.0 Å². The van der Waals surface area contributed by atoms with Gasteiger partial charge in [0.05, 0.1) is 18.1 Å². The number of benzene rings is 1. The molecular formula is C18H15IN2O2. The van der Waals surface area contributed by atoms with E-state index in [9.17, 15) is 9.59 Å². The number of carbonyl (C=O) groups is 2. The van der Waals surface area contributed by atoms with Crippen molar-refractivity contribution in [2.24, 2.45) is 34.2 Å². The van der Waals surface area contributed by atoms with Crippen LogP contribution in [0.25, 0.3) is 0 Å². The van der Waals surface area contributed by atoms with Crippen molar-refractivity contribution in [3.63, 3.8) is 0 Å². The third kappa shape index (κ3) is 1.74. The quantitative estimate of drug-likeness (QED) is 0.321. The lowest BCUT2D eigenvalue weighted by Gasteiger charge is -2.18. The van der Waals surface area contributed by atoms with Crippen molar-refractivity contribution in [3.8, 4) is 0 Å². The highest BCUT2D eigenvalue weighted by Crippen LogP contribution is 2.73. The van der Waals surface area contributed by atoms with Gasteiger partial charge in [-0.1, -0.05) is 24.3 Å². The van der Waals surface area contributed by atoms with E-state index >= 15 is 0 Å². The average molecular weight is 418 g/mol. The molecule has 1 aliphatic heterocycles. The lowest BCUT2D eigenvalue weighted by atomic mass is 9.85. The van der Waals surface area contributed by atoms with Crippen molar-refractivity contribution < 1.29 is 9.59 Å². The largest absolute Gasteiger partial charge is 0.272 e. The number of halogens is 1. The predicted octanol–water partition coefficient (Wildman–Crippen LogP) is 2.82. The highest BCUT2D eigenvalue weighted by molar-refractivity contribution is 14.1. The Morgan fingerprint density at radius 3 is 2.35 bits per heavy atom. The molecular weight excluding hydrogens is 403 g/mol. The topological polar surface area (TPSA) is 49.7 Å². The van der Waals surface area contributed by atoms with E-state index in [2.05, 4.69) is 39.8 Å². The molecule has 0 aromatic heterocycles. The minimum atomic E-state index is -0.173. The predicted molar refractivity (Wildman–Crippen MR) is 93.4 cm³/mol. The Morgan fingerprint density at radius 2 is 1.78 bits per heavy atom. The van der Waals surface area contributed by atoms with Crippen LogP contribution in [0.2, 0.25) is 0 Å². The highest BCUT2D eigenvalue weighted by Gasteiger charge is 2.73. The van der Waals surface area contributed by atoms with Gasteiger partial charge in [-0.15, -0.1) is 0 Å². The number of amides is 2. The SMILES string of the molecule is O=C1[C@@H]2[C@H](C(=O)N1/N=C\c1cccc(I)c1)[C@H]1C=C[C@@H]2C12CC2. The summed E-state index contributed by atoms with van der Waals surface area (Å²) in [4.78, 5) is 25.5. The van der Waals surface area contributed by atoms with Gasteiger partial charge in [-0.25, -0.2) is 0 Å². The van der Waals surface area contributed by atoms with Gasteiger partial charge in [-0.05, 0) is 70.4 Å². The molecule has 2 saturated carbocycles. The van der Waals surface area contributed by atoms with Crippen LogP contribution >= 0.6 is 22.6 Å². The molecule has 5 rings (SSSR count). The number of hydrazone groups is 1. The van der Waals surface area contributed by atoms with Gasteiger partial charge in [-0.3, -0.25) is 9.59 Å². The molecule has 1 heterocycles. The molecule has 3 fully saturated rings. The number of hydrogen-bond acceptors (Lipinski definition) is 3. The second-order valence-corrected chi connectivity index (χ2v) is 8.25. The van der Waals surface area contributed by atoms with Crippen molar-refractivity contribution in [1.29, 1.82) is 0 Å². The smallest absolute Gasteiger partial charge is 0.254 e. The van der Waals surface area contributed by atoms with E-state index < -0.39 is 0 Å². The minimum absolute atomic E-state index is 0.106. The Morgan fingerprint density at radius 1 is 1.13 bits per heavy atom. The lowest BCUT2D eigenvalue weighted by Crippen LogP contribution is -2.30. The van der Waals surface area contributed by atoms with E-state index in [-0.39, 0.29) is 40.9 Å². The fourth-order valence-electron chi connectivity index (χ4n) is 4.89. The van der Waals surface area contributed by atoms with E-state index in [0.717, 1.165) is 27.0 Å². The van der Waals surface area contributed by atoms with Gasteiger partial charge >= 0.3 is 0 Å². The van der Waals surface area contributed by atoms with Crippen LogP contribution in [0.1, 0.15) is 18.4 Å². The lowest BCUT2D eigenvalue weighted by molar-refractivity contribution is -0.141. The van der Waals surface area contributed by atoms with Crippen molar-refractivity contribution in [2.45, 2.75) is 12.8 Å². The second-order valence-electron chi connectivity index (χ2n) is 7.01. The third-order valence-electron chi connectivity index (χ3n) is 6.00. The van der Waals surface area contributed by atoms with Gasteiger partial charge in [0, 0.05) is 3.57 Å². The Bertz CT molecular complexity index is 762. The maximum atomic E-state index is 12.7. The summed E-state index contributed by atoms with van der Waals surface area (Å²) in [7, 11) is 0. The molecule has 0 radical (unpaired) electrons. The van der Waals surface area contributed by atoms with Crippen molar-refractivity contribution in [2.75, 3.05) is 0 Å². The fraction of sp³-hybridized carbons (Fsp3) is 0.389. The summed E-state index contributed by atoms with van der Waals surface area (Å²) in [6.45, 7) is 0. The van der Waals surface area contributed by atoms with Crippen LogP contribution in [0.3, 0.4) is 0 Å². The van der Waals surface area contributed by atoms with E-state index in [1.807, 2.05) is 24.3 Å². The molecule has 3 aliphatic carbocycles. The van der Waals surface area contributed by atoms with Crippen LogP contribution in [0.15, 0.2) is 41.5 Å². The van der Waals surface area contributed by atoms with Crippen LogP contribution in [0, 0.1) is 32.7 Å². The maximum absolute atomic E-state index is 12.7. The van der Waals surface area contributed by atoms with Gasteiger partial charge in [0.1, 0.15) is 0 Å². The first-order valence-electron chi connectivity index (χ1n) is 7.97. The number of carbonyl (C=O) groups excluding carboxylic acids is 2. The van der Waals surface area contributed by atoms with Crippen LogP contribution in [-0.2, 0) is 9.59 Å². The summed E-state index contributed by atoms with van der Waals surface area (Å²) < 4.78 is 1.10. The Hall–Kier alpha value is -1.50. The monoisotopic (exact) mass is 418 g/mol. The van der Waals surface area contributed by atoms with Gasteiger partial charge < -0.3 is 0 Å². The van der Waals surface area contributed by atoms with Crippen LogP contribution in [0.4, 0.5) is 0 Å². The first-order valence-corrected chi connectivity index (χ1v) is 9.05. The molecule has 116 valence electrons. The van der Waals surface area contributed by atoms with Gasteiger partial charge in [0.15, 0.2) is 0 Å². The molecule has 2 amide bonds. The number of allylic oxidation sites excluding steroid dienone is 2. The first kappa shape index (κ1) is 13.9. The molecule has 0 N–H and O–H groups in total. The molecule has 1 saturated heterocycles. The number of rotatable bonds is 2. The summed E-state index contributed by atoms with van der Waals surface area (Å²) >= 11 is 2.23. The zero-order valence-corrected chi connectivity index (χ0v) is 14.5. The molecule has 0 unspecified atom stereocenters. The van der Waals surface area contributed by atoms with Crippen LogP contribution < -0.4 is 0 Å². The summed E-state index contributed by atoms with van der Waals surface area (Å²) in [6, 6.07) is 7.82. The summed E-state index contributed by atoms with van der Waals surface area (Å²) in [5, 5.41) is 5.34. The van der Waals surface area contributed by atoms with Gasteiger partial charge in [0.2, 0.25) is 0 Å². The first-order chi connectivity index (χ1) is 11.1. The number of hydrogen-bond donors (Lipinski definition) is 0. The average Bonchev–Trinajstić information content (AvgIpc) is 3.13. The standard InChI is InChI=1S/C18H15IN2O2/c19-11-3-1-2-10(8-11)9-20-21-16(22)14-12-4-5-13(15(14)17(21)23)18(12)6-7-18/h1-5,8-9,12-15H,6-7H2/b20-9-/t12-,13+,14-,15+. The van der Waals surface area contributed by atoms with Crippen LogP contribution in [0.5, 0.6) is 0 Å². The van der Waals surface area contributed by atoms with Gasteiger partial charge in [0.25, 0.3) is 11.8 Å². The maximum Gasteiger partial charge on any atom is 0.254 e. The molecule has 1 spiro atoms. The molecule has 23 heavy (non-hydrogen) atoms. The number of imide groups is 1. The van der Waals surface area contributed by atoms with E-state index in [1.54, 1.807) is 6.21 Å². The molecule has 1 aromatic carbocycles. The Balaban J connectivity index is 1.44. The van der Waals surface area contributed by atoms with Crippen molar-refractivity contribution >= 4 is 40.6 Å². The molecule has 2 bridgehead atoms.